The highest BCUT2D eigenvalue weighted by atomic mass is 14.7. The Morgan fingerprint density at radius 3 is 3.00 bits per heavy atom. The zero-order chi connectivity index (χ0) is 6.69. The topological polar surface area (TPSA) is 4.36 Å². The van der Waals surface area contributed by atoms with Gasteiger partial charge in [0.25, 0.3) is 0 Å². The number of rotatable bonds is 0. The molecule has 0 N–H and O–H groups in total. The van der Waals surface area contributed by atoms with Crippen LogP contribution < -0.4 is 0 Å². The maximum absolute atomic E-state index is 6.74. The van der Waals surface area contributed by atoms with E-state index in [0.29, 0.717) is 5.92 Å². The standard InChI is InChI=1S/C8H11N/c1-7-4-3-5-8(6-7)9-2/h6-7H,3-5H2,1H3. The quantitative estimate of drug-likeness (QED) is 0.434. The smallest absolute Gasteiger partial charge is 0.161 e. The van der Waals surface area contributed by atoms with Crippen molar-refractivity contribution in [3.63, 3.8) is 0 Å². The van der Waals surface area contributed by atoms with Crippen molar-refractivity contribution < 1.29 is 0 Å². The second kappa shape index (κ2) is 2.68. The van der Waals surface area contributed by atoms with E-state index in [1.54, 1.807) is 0 Å². The summed E-state index contributed by atoms with van der Waals surface area (Å²) in [5.74, 6) is 0.642. The molecular formula is C8H11N. The lowest BCUT2D eigenvalue weighted by molar-refractivity contribution is 0.573. The maximum Gasteiger partial charge on any atom is 0.161 e. The zero-order valence-corrected chi connectivity index (χ0v) is 5.72. The summed E-state index contributed by atoms with van der Waals surface area (Å²) in [5, 5.41) is 0. The van der Waals surface area contributed by atoms with Gasteiger partial charge in [-0.15, -0.1) is 0 Å². The Bertz CT molecular complexity index is 162. The molecule has 0 aromatic rings. The molecule has 0 saturated carbocycles. The number of hydrogen-bond donors (Lipinski definition) is 0. The van der Waals surface area contributed by atoms with Gasteiger partial charge in [0.2, 0.25) is 0 Å². The molecule has 9 heavy (non-hydrogen) atoms. The average Bonchev–Trinajstić information content (AvgIpc) is 1.88. The van der Waals surface area contributed by atoms with Crippen molar-refractivity contribution in [2.24, 2.45) is 5.92 Å². The van der Waals surface area contributed by atoms with Crippen molar-refractivity contribution in [2.75, 3.05) is 0 Å². The van der Waals surface area contributed by atoms with Crippen LogP contribution in [0.4, 0.5) is 0 Å². The van der Waals surface area contributed by atoms with E-state index in [1.165, 1.54) is 12.8 Å². The van der Waals surface area contributed by atoms with E-state index in [2.05, 4.69) is 17.8 Å². The molecular weight excluding hydrogens is 110 g/mol. The Morgan fingerprint density at radius 1 is 1.78 bits per heavy atom. The first kappa shape index (κ1) is 6.35. The van der Waals surface area contributed by atoms with Crippen molar-refractivity contribution >= 4 is 0 Å². The van der Waals surface area contributed by atoms with Crippen molar-refractivity contribution in [1.82, 2.24) is 0 Å². The molecule has 0 fully saturated rings. The van der Waals surface area contributed by atoms with Crippen molar-refractivity contribution in [3.05, 3.63) is 23.2 Å². The maximum atomic E-state index is 6.74. The molecule has 1 atom stereocenters. The minimum absolute atomic E-state index is 0.642. The lowest BCUT2D eigenvalue weighted by Crippen LogP contribution is -1.97. The van der Waals surface area contributed by atoms with E-state index in [0.717, 1.165) is 12.1 Å². The first-order valence-electron chi connectivity index (χ1n) is 3.41. The second-order valence-electron chi connectivity index (χ2n) is 2.64. The molecule has 0 radical (unpaired) electrons. The van der Waals surface area contributed by atoms with Crippen LogP contribution >= 0.6 is 0 Å². The molecule has 1 unspecified atom stereocenters. The molecule has 1 aliphatic rings. The van der Waals surface area contributed by atoms with E-state index < -0.39 is 0 Å². The van der Waals surface area contributed by atoms with Crippen LogP contribution in [0.25, 0.3) is 4.85 Å². The highest BCUT2D eigenvalue weighted by Crippen LogP contribution is 2.22. The molecule has 0 amide bonds. The average molecular weight is 121 g/mol. The molecule has 0 aromatic heterocycles. The first-order valence-corrected chi connectivity index (χ1v) is 3.41. The highest BCUT2D eigenvalue weighted by molar-refractivity contribution is 5.13. The third-order valence-electron chi connectivity index (χ3n) is 1.71. The van der Waals surface area contributed by atoms with Gasteiger partial charge < -0.3 is 0 Å². The summed E-state index contributed by atoms with van der Waals surface area (Å²) >= 11 is 0. The fraction of sp³-hybridized carbons (Fsp3) is 0.625. The Labute approximate surface area is 56.2 Å². The lowest BCUT2D eigenvalue weighted by Gasteiger charge is -2.11. The summed E-state index contributed by atoms with van der Waals surface area (Å²) in [6.07, 6.45) is 5.57. The molecule has 0 bridgehead atoms. The Hall–Kier alpha value is -0.770. The minimum Gasteiger partial charge on any atom is -0.243 e. The van der Waals surface area contributed by atoms with E-state index in [9.17, 15) is 0 Å². The molecule has 1 aliphatic carbocycles. The van der Waals surface area contributed by atoms with Crippen LogP contribution in [0.2, 0.25) is 0 Å². The van der Waals surface area contributed by atoms with Gasteiger partial charge in [-0.3, -0.25) is 0 Å². The summed E-state index contributed by atoms with van der Waals surface area (Å²) in [5.41, 5.74) is 0.966. The molecule has 48 valence electrons. The Morgan fingerprint density at radius 2 is 2.56 bits per heavy atom. The van der Waals surface area contributed by atoms with Gasteiger partial charge in [0.15, 0.2) is 5.70 Å². The summed E-state index contributed by atoms with van der Waals surface area (Å²) in [6.45, 7) is 8.91. The van der Waals surface area contributed by atoms with Crippen LogP contribution in [0.5, 0.6) is 0 Å². The fourth-order valence-electron chi connectivity index (χ4n) is 1.19. The van der Waals surface area contributed by atoms with Crippen molar-refractivity contribution in [3.8, 4) is 0 Å². The predicted octanol–water partition coefficient (Wildman–Crippen LogP) is 2.61. The van der Waals surface area contributed by atoms with Crippen LogP contribution in [0.15, 0.2) is 11.8 Å². The van der Waals surface area contributed by atoms with Crippen LogP contribution in [0.1, 0.15) is 26.2 Å². The number of nitrogens with zero attached hydrogens (tertiary/aromatic N) is 1. The summed E-state index contributed by atoms with van der Waals surface area (Å²) in [4.78, 5) is 3.41. The summed E-state index contributed by atoms with van der Waals surface area (Å²) in [6, 6.07) is 0. The highest BCUT2D eigenvalue weighted by Gasteiger charge is 2.07. The predicted molar refractivity (Wildman–Crippen MR) is 37.7 cm³/mol. The van der Waals surface area contributed by atoms with E-state index in [4.69, 9.17) is 6.57 Å². The van der Waals surface area contributed by atoms with Gasteiger partial charge in [-0.1, -0.05) is 19.4 Å². The van der Waals surface area contributed by atoms with Crippen LogP contribution in [0.3, 0.4) is 0 Å². The minimum atomic E-state index is 0.642. The Kier molecular flexibility index (Phi) is 1.89. The normalized spacial score (nSPS) is 26.7. The molecule has 0 saturated heterocycles. The van der Waals surface area contributed by atoms with Gasteiger partial charge in [0, 0.05) is 0 Å². The van der Waals surface area contributed by atoms with Gasteiger partial charge in [0.1, 0.15) is 0 Å². The monoisotopic (exact) mass is 121 g/mol. The van der Waals surface area contributed by atoms with Gasteiger partial charge in [-0.25, -0.2) is 4.85 Å². The third kappa shape index (κ3) is 1.57. The number of hydrogen-bond acceptors (Lipinski definition) is 0. The SMILES string of the molecule is [C-]#[N+]C1=CC(C)CCC1. The molecule has 0 aromatic carbocycles. The molecule has 1 heteroatoms. The summed E-state index contributed by atoms with van der Waals surface area (Å²) in [7, 11) is 0. The zero-order valence-electron chi connectivity index (χ0n) is 5.72. The molecule has 0 spiro atoms. The van der Waals surface area contributed by atoms with Crippen LogP contribution in [0, 0.1) is 12.5 Å². The van der Waals surface area contributed by atoms with Crippen LogP contribution in [-0.4, -0.2) is 0 Å². The van der Waals surface area contributed by atoms with E-state index in [1.807, 2.05) is 0 Å². The Balaban J connectivity index is 2.62. The fourth-order valence-corrected chi connectivity index (χ4v) is 1.19. The van der Waals surface area contributed by atoms with Gasteiger partial charge >= 0.3 is 0 Å². The van der Waals surface area contributed by atoms with E-state index in [-0.39, 0.29) is 0 Å². The number of allylic oxidation sites excluding steroid dienone is 2. The van der Waals surface area contributed by atoms with Crippen molar-refractivity contribution in [1.29, 1.82) is 0 Å². The largest absolute Gasteiger partial charge is 0.243 e. The summed E-state index contributed by atoms with van der Waals surface area (Å²) < 4.78 is 0. The van der Waals surface area contributed by atoms with Gasteiger partial charge in [0.05, 0.1) is 6.57 Å². The molecule has 1 rings (SSSR count). The van der Waals surface area contributed by atoms with Crippen LogP contribution in [-0.2, 0) is 0 Å². The third-order valence-corrected chi connectivity index (χ3v) is 1.71. The second-order valence-corrected chi connectivity index (χ2v) is 2.64. The van der Waals surface area contributed by atoms with Gasteiger partial charge in [-0.05, 0) is 18.8 Å². The lowest BCUT2D eigenvalue weighted by atomic mass is 9.96. The van der Waals surface area contributed by atoms with Crippen molar-refractivity contribution in [2.45, 2.75) is 26.2 Å². The molecule has 1 nitrogen and oxygen atoms in total. The first-order chi connectivity index (χ1) is 4.33. The molecule has 0 heterocycles. The molecule has 0 aliphatic heterocycles. The van der Waals surface area contributed by atoms with Gasteiger partial charge in [-0.2, -0.15) is 0 Å². The van der Waals surface area contributed by atoms with E-state index >= 15 is 0 Å².